The van der Waals surface area contributed by atoms with Crippen molar-refractivity contribution in [3.8, 4) is 0 Å². The van der Waals surface area contributed by atoms with Crippen molar-refractivity contribution in [2.24, 2.45) is 17.6 Å². The lowest BCUT2D eigenvalue weighted by Gasteiger charge is -2.11. The van der Waals surface area contributed by atoms with E-state index in [9.17, 15) is 4.39 Å². The van der Waals surface area contributed by atoms with Crippen molar-refractivity contribution in [2.45, 2.75) is 18.9 Å². The maximum atomic E-state index is 12.5. The minimum atomic E-state index is -0.101. The van der Waals surface area contributed by atoms with Crippen LogP contribution in [0, 0.1) is 11.8 Å². The minimum Gasteiger partial charge on any atom is -0.327 e. The molecule has 0 spiro atoms. The second-order valence-corrected chi connectivity index (χ2v) is 3.41. The summed E-state index contributed by atoms with van der Waals surface area (Å²) < 4.78 is 12.5. The second kappa shape index (κ2) is 2.45. The first-order chi connectivity index (χ1) is 5.27. The lowest BCUT2D eigenvalue weighted by atomic mass is 9.95. The largest absolute Gasteiger partial charge is 0.327 e. The van der Waals surface area contributed by atoms with Gasteiger partial charge in [0.05, 0.1) is 0 Å². The zero-order chi connectivity index (χ0) is 7.84. The summed E-state index contributed by atoms with van der Waals surface area (Å²) in [4.78, 5) is 0. The number of allylic oxidation sites excluding steroid dienone is 4. The first-order valence-electron chi connectivity index (χ1n) is 4.07. The Bertz CT molecular complexity index is 220. The van der Waals surface area contributed by atoms with E-state index in [1.165, 1.54) is 0 Å². The van der Waals surface area contributed by atoms with Gasteiger partial charge in [-0.15, -0.1) is 0 Å². The van der Waals surface area contributed by atoms with E-state index in [1.807, 2.05) is 6.08 Å². The summed E-state index contributed by atoms with van der Waals surface area (Å²) in [6, 6.07) is 0.374. The summed E-state index contributed by atoms with van der Waals surface area (Å²) in [5.74, 6) is 1.02. The normalized spacial score (nSPS) is 42.0. The van der Waals surface area contributed by atoms with Crippen LogP contribution < -0.4 is 5.73 Å². The van der Waals surface area contributed by atoms with E-state index in [0.717, 1.165) is 12.8 Å². The van der Waals surface area contributed by atoms with E-state index in [-0.39, 0.29) is 5.83 Å². The molecule has 1 nitrogen and oxygen atoms in total. The van der Waals surface area contributed by atoms with E-state index in [0.29, 0.717) is 17.9 Å². The van der Waals surface area contributed by atoms with Crippen LogP contribution in [0.4, 0.5) is 4.39 Å². The zero-order valence-electron chi connectivity index (χ0n) is 6.33. The molecule has 60 valence electrons. The summed E-state index contributed by atoms with van der Waals surface area (Å²) in [5.41, 5.74) is 5.68. The molecule has 0 aliphatic heterocycles. The first-order valence-corrected chi connectivity index (χ1v) is 4.07. The molecule has 0 aromatic heterocycles. The van der Waals surface area contributed by atoms with Gasteiger partial charge in [0.1, 0.15) is 5.83 Å². The Morgan fingerprint density at radius 1 is 1.55 bits per heavy atom. The van der Waals surface area contributed by atoms with Gasteiger partial charge >= 0.3 is 0 Å². The fourth-order valence-electron chi connectivity index (χ4n) is 1.66. The molecule has 2 N–H and O–H groups in total. The van der Waals surface area contributed by atoms with Gasteiger partial charge in [-0.05, 0) is 36.8 Å². The van der Waals surface area contributed by atoms with Gasteiger partial charge in [-0.2, -0.15) is 0 Å². The van der Waals surface area contributed by atoms with Crippen molar-refractivity contribution in [1.82, 2.24) is 0 Å². The molecule has 0 amide bonds. The summed E-state index contributed by atoms with van der Waals surface area (Å²) in [7, 11) is 0. The molecule has 2 heteroatoms. The summed E-state index contributed by atoms with van der Waals surface area (Å²) in [6.45, 7) is 0. The van der Waals surface area contributed by atoms with E-state index in [2.05, 4.69) is 0 Å². The van der Waals surface area contributed by atoms with Gasteiger partial charge in [-0.25, -0.2) is 4.39 Å². The third kappa shape index (κ3) is 1.36. The predicted molar refractivity (Wildman–Crippen MR) is 42.5 cm³/mol. The van der Waals surface area contributed by atoms with Gasteiger partial charge in [0.15, 0.2) is 0 Å². The Balaban J connectivity index is 1.96. The van der Waals surface area contributed by atoms with E-state index < -0.39 is 0 Å². The molecule has 11 heavy (non-hydrogen) atoms. The van der Waals surface area contributed by atoms with Gasteiger partial charge in [0.2, 0.25) is 0 Å². The van der Waals surface area contributed by atoms with Crippen molar-refractivity contribution in [3.05, 3.63) is 24.1 Å². The lowest BCUT2D eigenvalue weighted by molar-refractivity contribution is 0.535. The Hall–Kier alpha value is -0.630. The summed E-state index contributed by atoms with van der Waals surface area (Å²) in [5, 5.41) is 0. The number of rotatable bonds is 1. The number of nitrogens with two attached hydrogens (primary N) is 1. The average molecular weight is 153 g/mol. The second-order valence-electron chi connectivity index (χ2n) is 3.41. The van der Waals surface area contributed by atoms with E-state index in [4.69, 9.17) is 5.73 Å². The van der Waals surface area contributed by atoms with Crippen LogP contribution in [0.5, 0.6) is 0 Å². The Kier molecular flexibility index (Phi) is 1.57. The molecule has 1 fully saturated rings. The number of hydrogen-bond acceptors (Lipinski definition) is 1. The molecule has 1 saturated carbocycles. The molecule has 0 aromatic rings. The van der Waals surface area contributed by atoms with Gasteiger partial charge in [0.25, 0.3) is 0 Å². The standard InChI is InChI=1S/C9H12FN/c10-7-3-1-6(2-4-7)8-5-9(8)11/h1,3-4,6,8-9H,2,5,11H2/t6?,8-,9+/m0/s1. The molecule has 2 aliphatic rings. The van der Waals surface area contributed by atoms with Gasteiger partial charge < -0.3 is 5.73 Å². The SMILES string of the molecule is N[C@@H]1C[C@H]1C1C=CC(F)=CC1. The van der Waals surface area contributed by atoms with Crippen LogP contribution in [0.2, 0.25) is 0 Å². The van der Waals surface area contributed by atoms with Gasteiger partial charge in [-0.3, -0.25) is 0 Å². The highest BCUT2D eigenvalue weighted by molar-refractivity contribution is 5.20. The quantitative estimate of drug-likeness (QED) is 0.610. The lowest BCUT2D eigenvalue weighted by Crippen LogP contribution is -2.10. The summed E-state index contributed by atoms with van der Waals surface area (Å²) >= 11 is 0. The molecule has 3 atom stereocenters. The average Bonchev–Trinajstić information content (AvgIpc) is 2.69. The highest BCUT2D eigenvalue weighted by Crippen LogP contribution is 2.40. The van der Waals surface area contributed by atoms with Crippen LogP contribution in [0.15, 0.2) is 24.1 Å². The Morgan fingerprint density at radius 3 is 2.73 bits per heavy atom. The van der Waals surface area contributed by atoms with Crippen LogP contribution in [-0.4, -0.2) is 6.04 Å². The highest BCUT2D eigenvalue weighted by atomic mass is 19.1. The third-order valence-electron chi connectivity index (χ3n) is 2.53. The molecule has 0 aromatic carbocycles. The molecule has 0 bridgehead atoms. The molecule has 1 unspecified atom stereocenters. The van der Waals surface area contributed by atoms with Crippen molar-refractivity contribution >= 4 is 0 Å². The van der Waals surface area contributed by atoms with Gasteiger partial charge in [-0.1, -0.05) is 6.08 Å². The minimum absolute atomic E-state index is 0.101. The topological polar surface area (TPSA) is 26.0 Å². The third-order valence-corrected chi connectivity index (χ3v) is 2.53. The summed E-state index contributed by atoms with van der Waals surface area (Å²) in [6.07, 6.45) is 7.10. The Labute approximate surface area is 65.8 Å². The first kappa shape index (κ1) is 7.04. The van der Waals surface area contributed by atoms with Crippen LogP contribution in [0.3, 0.4) is 0 Å². The van der Waals surface area contributed by atoms with Crippen LogP contribution in [0.1, 0.15) is 12.8 Å². The molecule has 0 radical (unpaired) electrons. The smallest absolute Gasteiger partial charge is 0.118 e. The van der Waals surface area contributed by atoms with Crippen LogP contribution >= 0.6 is 0 Å². The molecular weight excluding hydrogens is 141 g/mol. The maximum absolute atomic E-state index is 12.5. The van der Waals surface area contributed by atoms with Crippen molar-refractivity contribution in [1.29, 1.82) is 0 Å². The van der Waals surface area contributed by atoms with E-state index >= 15 is 0 Å². The van der Waals surface area contributed by atoms with Crippen LogP contribution in [0.25, 0.3) is 0 Å². The fourth-order valence-corrected chi connectivity index (χ4v) is 1.66. The predicted octanol–water partition coefficient (Wildman–Crippen LogP) is 1.76. The number of hydrogen-bond donors (Lipinski definition) is 1. The maximum Gasteiger partial charge on any atom is 0.118 e. The molecular formula is C9H12FN. The Morgan fingerprint density at radius 2 is 2.27 bits per heavy atom. The van der Waals surface area contributed by atoms with Crippen molar-refractivity contribution in [3.63, 3.8) is 0 Å². The van der Waals surface area contributed by atoms with Gasteiger partial charge in [0, 0.05) is 6.04 Å². The van der Waals surface area contributed by atoms with Crippen molar-refractivity contribution in [2.75, 3.05) is 0 Å². The van der Waals surface area contributed by atoms with E-state index in [1.54, 1.807) is 12.2 Å². The fraction of sp³-hybridized carbons (Fsp3) is 0.556. The molecule has 2 rings (SSSR count). The zero-order valence-corrected chi connectivity index (χ0v) is 6.33. The molecule has 2 aliphatic carbocycles. The number of halogens is 1. The van der Waals surface area contributed by atoms with Crippen molar-refractivity contribution < 1.29 is 4.39 Å². The molecule has 0 heterocycles. The van der Waals surface area contributed by atoms with Crippen LogP contribution in [-0.2, 0) is 0 Å². The monoisotopic (exact) mass is 153 g/mol. The molecule has 0 saturated heterocycles. The highest BCUT2D eigenvalue weighted by Gasteiger charge is 2.38.